The molecule has 11 nitrogen and oxygen atoms in total. The molecule has 0 aliphatic rings. The Morgan fingerprint density at radius 3 is 2.00 bits per heavy atom. The molecule has 1 aromatic carbocycles. The topological polar surface area (TPSA) is 172 Å². The fraction of sp³-hybridized carbons (Fsp3) is 0.743. The van der Waals surface area contributed by atoms with E-state index in [1.54, 1.807) is 48.8 Å². The first-order valence-corrected chi connectivity index (χ1v) is 16.3. The molecule has 0 spiro atoms. The standard InChI is InChI=1S/C30H52N2O6.C5H11NO2/c1-20(2)23(16-22-10-13-26(37-8)27(17-22)38-15-9-14-36-7)11-12-24(33)18-25(21(3)4)28(34)32-19-30(5,6)29(31)35;1-5(2,3)8-4(6)7/h10,13,17,20-21,23-25,33H,9,11-12,14-16,18-19H2,1-8H3,(H2,31,35)(H,32,34);1-3H3,(H2,6,7). The Kier molecular flexibility index (Phi) is 19.6. The SMILES string of the molecule is CC(C)(C)OC(N)=O.COCCCOc1cc(CC(CCC(O)CC(C(=O)NCC(C)(C)C(N)=O)C(C)C)C(C)C)ccc1OC. The number of aliphatic hydroxyl groups is 1. The number of amides is 3. The molecule has 0 heterocycles. The highest BCUT2D eigenvalue weighted by Gasteiger charge is 2.30. The lowest BCUT2D eigenvalue weighted by Crippen LogP contribution is -2.45. The molecule has 3 atom stereocenters. The molecule has 1 aromatic rings. The van der Waals surface area contributed by atoms with Gasteiger partial charge in [-0.05, 0) is 95.8 Å². The predicted molar refractivity (Wildman–Crippen MR) is 182 cm³/mol. The van der Waals surface area contributed by atoms with Crippen molar-refractivity contribution < 1.29 is 38.4 Å². The molecule has 1 rings (SSSR count). The third-order valence-corrected chi connectivity index (χ3v) is 7.74. The largest absolute Gasteiger partial charge is 0.493 e. The summed E-state index contributed by atoms with van der Waals surface area (Å²) < 4.78 is 21.1. The molecule has 0 saturated carbocycles. The van der Waals surface area contributed by atoms with Gasteiger partial charge in [0.05, 0.1) is 25.2 Å². The molecule has 0 saturated heterocycles. The highest BCUT2D eigenvalue weighted by Crippen LogP contribution is 2.32. The average Bonchev–Trinajstić information content (AvgIpc) is 2.93. The normalized spacial score (nSPS) is 13.7. The monoisotopic (exact) mass is 653 g/mol. The fourth-order valence-electron chi connectivity index (χ4n) is 4.65. The van der Waals surface area contributed by atoms with E-state index < -0.39 is 29.1 Å². The van der Waals surface area contributed by atoms with E-state index in [-0.39, 0.29) is 24.3 Å². The van der Waals surface area contributed by atoms with Gasteiger partial charge in [-0.1, -0.05) is 33.8 Å². The minimum Gasteiger partial charge on any atom is -0.493 e. The van der Waals surface area contributed by atoms with Crippen molar-refractivity contribution >= 4 is 17.9 Å². The summed E-state index contributed by atoms with van der Waals surface area (Å²) in [6.45, 7) is 18.4. The molecule has 0 fully saturated rings. The lowest BCUT2D eigenvalue weighted by atomic mass is 9.82. The van der Waals surface area contributed by atoms with Gasteiger partial charge in [-0.25, -0.2) is 4.79 Å². The second-order valence-corrected chi connectivity index (χ2v) is 14.2. The van der Waals surface area contributed by atoms with Gasteiger partial charge < -0.3 is 40.8 Å². The maximum atomic E-state index is 12.9. The van der Waals surface area contributed by atoms with E-state index >= 15 is 0 Å². The number of aliphatic hydroxyl groups excluding tert-OH is 1. The minimum atomic E-state index is -0.823. The van der Waals surface area contributed by atoms with Crippen LogP contribution >= 0.6 is 0 Å². The lowest BCUT2D eigenvalue weighted by molar-refractivity contribution is -0.130. The number of methoxy groups -OCH3 is 2. The Morgan fingerprint density at radius 1 is 0.913 bits per heavy atom. The van der Waals surface area contributed by atoms with Crippen molar-refractivity contribution in [1.82, 2.24) is 5.32 Å². The zero-order valence-electron chi connectivity index (χ0n) is 30.2. The van der Waals surface area contributed by atoms with Crippen LogP contribution in [0.2, 0.25) is 0 Å². The Hall–Kier alpha value is -3.05. The summed E-state index contributed by atoms with van der Waals surface area (Å²) >= 11 is 0. The van der Waals surface area contributed by atoms with Crippen molar-refractivity contribution in [3.63, 3.8) is 0 Å². The highest BCUT2D eigenvalue weighted by atomic mass is 16.6. The van der Waals surface area contributed by atoms with Crippen LogP contribution in [-0.4, -0.2) is 68.7 Å². The predicted octanol–water partition coefficient (Wildman–Crippen LogP) is 5.24. The Balaban J connectivity index is 0.00000222. The van der Waals surface area contributed by atoms with Gasteiger partial charge in [-0.3, -0.25) is 9.59 Å². The van der Waals surface area contributed by atoms with E-state index in [4.69, 9.17) is 25.7 Å². The third kappa shape index (κ3) is 18.2. The molecule has 6 N–H and O–H groups in total. The number of carbonyl (C=O) groups is 3. The van der Waals surface area contributed by atoms with E-state index in [1.165, 1.54) is 0 Å². The second kappa shape index (κ2) is 20.9. The van der Waals surface area contributed by atoms with Gasteiger partial charge in [0, 0.05) is 32.6 Å². The average molecular weight is 654 g/mol. The Bertz CT molecular complexity index is 1050. The number of hydrogen-bond acceptors (Lipinski definition) is 8. The van der Waals surface area contributed by atoms with Crippen molar-refractivity contribution in [1.29, 1.82) is 0 Å². The summed E-state index contributed by atoms with van der Waals surface area (Å²) in [5.74, 6) is 1.34. The molecule has 46 heavy (non-hydrogen) atoms. The number of benzene rings is 1. The van der Waals surface area contributed by atoms with Crippen LogP contribution in [0.4, 0.5) is 4.79 Å². The van der Waals surface area contributed by atoms with Crippen LogP contribution in [0.5, 0.6) is 11.5 Å². The van der Waals surface area contributed by atoms with Crippen molar-refractivity contribution in [2.24, 2.45) is 40.6 Å². The first kappa shape index (κ1) is 43.0. The fourth-order valence-corrected chi connectivity index (χ4v) is 4.65. The summed E-state index contributed by atoms with van der Waals surface area (Å²) in [6, 6.07) is 6.06. The first-order chi connectivity index (χ1) is 21.2. The molecule has 3 unspecified atom stereocenters. The first-order valence-electron chi connectivity index (χ1n) is 16.3. The van der Waals surface area contributed by atoms with E-state index in [1.807, 2.05) is 26.0 Å². The molecule has 266 valence electrons. The highest BCUT2D eigenvalue weighted by molar-refractivity contribution is 5.83. The van der Waals surface area contributed by atoms with Crippen LogP contribution in [0.1, 0.15) is 93.6 Å². The number of ether oxygens (including phenoxy) is 4. The maximum absolute atomic E-state index is 12.9. The molecule has 0 aliphatic carbocycles. The van der Waals surface area contributed by atoms with Gasteiger partial charge in [-0.15, -0.1) is 0 Å². The number of rotatable bonds is 19. The van der Waals surface area contributed by atoms with E-state index in [2.05, 4.69) is 30.0 Å². The van der Waals surface area contributed by atoms with Crippen molar-refractivity contribution in [2.75, 3.05) is 34.0 Å². The van der Waals surface area contributed by atoms with Crippen LogP contribution in [0.25, 0.3) is 0 Å². The van der Waals surface area contributed by atoms with Crippen molar-refractivity contribution in [3.05, 3.63) is 23.8 Å². The van der Waals surface area contributed by atoms with Crippen molar-refractivity contribution in [3.8, 4) is 11.5 Å². The summed E-state index contributed by atoms with van der Waals surface area (Å²) in [5.41, 5.74) is 10.0. The molecule has 0 aliphatic heterocycles. The van der Waals surface area contributed by atoms with Gasteiger partial charge in [0.2, 0.25) is 11.8 Å². The lowest BCUT2D eigenvalue weighted by Gasteiger charge is -2.27. The molecule has 0 aromatic heterocycles. The Labute approximate surface area is 277 Å². The van der Waals surface area contributed by atoms with Gasteiger partial charge >= 0.3 is 6.09 Å². The molecular formula is C35H63N3O8. The van der Waals surface area contributed by atoms with Gasteiger partial charge in [-0.2, -0.15) is 0 Å². The number of hydrogen-bond donors (Lipinski definition) is 4. The molecular weight excluding hydrogens is 590 g/mol. The summed E-state index contributed by atoms with van der Waals surface area (Å²) in [5, 5.41) is 13.7. The van der Waals surface area contributed by atoms with Crippen LogP contribution < -0.4 is 26.3 Å². The Morgan fingerprint density at radius 2 is 1.54 bits per heavy atom. The zero-order valence-corrected chi connectivity index (χ0v) is 30.2. The van der Waals surface area contributed by atoms with Gasteiger partial charge in [0.15, 0.2) is 11.5 Å². The van der Waals surface area contributed by atoms with Crippen LogP contribution in [0, 0.1) is 29.1 Å². The van der Waals surface area contributed by atoms with E-state index in [0.717, 1.165) is 30.6 Å². The molecule has 3 amide bonds. The molecule has 0 bridgehead atoms. The van der Waals surface area contributed by atoms with E-state index in [9.17, 15) is 19.5 Å². The number of carbonyl (C=O) groups excluding carboxylic acids is 3. The van der Waals surface area contributed by atoms with Crippen molar-refractivity contribution in [2.45, 2.75) is 106 Å². The number of primary amides is 2. The van der Waals surface area contributed by atoms with Crippen LogP contribution in [0.3, 0.4) is 0 Å². The second-order valence-electron chi connectivity index (χ2n) is 14.2. The van der Waals surface area contributed by atoms with Crippen LogP contribution in [-0.2, 0) is 25.5 Å². The van der Waals surface area contributed by atoms with Crippen LogP contribution in [0.15, 0.2) is 18.2 Å². The minimum absolute atomic E-state index is 0.0591. The van der Waals surface area contributed by atoms with Gasteiger partial charge in [0.25, 0.3) is 0 Å². The smallest absolute Gasteiger partial charge is 0.405 e. The number of nitrogens with two attached hydrogens (primary N) is 2. The maximum Gasteiger partial charge on any atom is 0.405 e. The van der Waals surface area contributed by atoms with E-state index in [0.29, 0.717) is 43.6 Å². The molecule has 0 radical (unpaired) electrons. The number of nitrogens with one attached hydrogen (secondary N) is 1. The quantitative estimate of drug-likeness (QED) is 0.147. The summed E-state index contributed by atoms with van der Waals surface area (Å²) in [4.78, 5) is 34.5. The third-order valence-electron chi connectivity index (χ3n) is 7.74. The summed E-state index contributed by atoms with van der Waals surface area (Å²) in [7, 11) is 3.31. The van der Waals surface area contributed by atoms with Gasteiger partial charge in [0.1, 0.15) is 5.60 Å². The summed E-state index contributed by atoms with van der Waals surface area (Å²) in [6.07, 6.45) is 2.19. The molecule has 11 heteroatoms. The zero-order chi connectivity index (χ0) is 35.7.